The van der Waals surface area contributed by atoms with Crippen molar-refractivity contribution >= 4 is 10.0 Å². The highest BCUT2D eigenvalue weighted by Gasteiger charge is 2.37. The highest BCUT2D eigenvalue weighted by atomic mass is 32.2. The maximum atomic E-state index is 12.3. The molecule has 1 heterocycles. The zero-order valence-electron chi connectivity index (χ0n) is 12.2. The van der Waals surface area contributed by atoms with Gasteiger partial charge in [-0.15, -0.1) is 0 Å². The Morgan fingerprint density at radius 3 is 2.52 bits per heavy atom. The van der Waals surface area contributed by atoms with Crippen molar-refractivity contribution in [3.8, 4) is 6.07 Å². The van der Waals surface area contributed by atoms with Gasteiger partial charge in [-0.05, 0) is 30.7 Å². The third-order valence-corrected chi connectivity index (χ3v) is 5.38. The molecule has 1 aromatic rings. The maximum Gasteiger partial charge on any atom is 0.243 e. The van der Waals surface area contributed by atoms with Gasteiger partial charge in [0.05, 0.1) is 22.6 Å². The molecule has 21 heavy (non-hydrogen) atoms. The van der Waals surface area contributed by atoms with Crippen LogP contribution in [-0.2, 0) is 14.8 Å². The number of nitrogens with zero attached hydrogens (tertiary/aromatic N) is 2. The van der Waals surface area contributed by atoms with Gasteiger partial charge in [0.2, 0.25) is 10.0 Å². The molecule has 114 valence electrons. The Bertz CT molecular complexity index is 599. The first-order valence-corrected chi connectivity index (χ1v) is 8.64. The van der Waals surface area contributed by atoms with E-state index in [9.17, 15) is 8.42 Å². The predicted molar refractivity (Wildman–Crippen MR) is 79.2 cm³/mol. The maximum absolute atomic E-state index is 12.3. The van der Waals surface area contributed by atoms with Gasteiger partial charge < -0.3 is 4.74 Å². The molecule has 0 amide bonds. The molecule has 1 aliphatic rings. The number of ether oxygens (including phenoxy) is 1. The fourth-order valence-electron chi connectivity index (χ4n) is 2.16. The Balaban J connectivity index is 1.86. The molecule has 1 saturated heterocycles. The fourth-order valence-corrected chi connectivity index (χ4v) is 3.66. The van der Waals surface area contributed by atoms with Gasteiger partial charge in [0.1, 0.15) is 0 Å². The quantitative estimate of drug-likeness (QED) is 0.724. The smallest absolute Gasteiger partial charge is 0.243 e. The van der Waals surface area contributed by atoms with Crippen molar-refractivity contribution in [2.45, 2.75) is 37.2 Å². The van der Waals surface area contributed by atoms with Crippen LogP contribution in [0.15, 0.2) is 29.2 Å². The molecule has 6 heteroatoms. The molecule has 0 aromatic heterocycles. The summed E-state index contributed by atoms with van der Waals surface area (Å²) in [6.07, 6.45) is 3.32. The molecule has 0 radical (unpaired) electrons. The number of hydrogen-bond acceptors (Lipinski definition) is 4. The van der Waals surface area contributed by atoms with Crippen LogP contribution in [0.4, 0.5) is 0 Å². The van der Waals surface area contributed by atoms with Crippen LogP contribution in [0.3, 0.4) is 0 Å². The number of unbranched alkanes of at least 4 members (excludes halogenated alkanes) is 2. The summed E-state index contributed by atoms with van der Waals surface area (Å²) in [4.78, 5) is 0.228. The molecular formula is C15H20N2O3S. The summed E-state index contributed by atoms with van der Waals surface area (Å²) in [6, 6.07) is 7.96. The van der Waals surface area contributed by atoms with E-state index in [-0.39, 0.29) is 11.0 Å². The zero-order valence-corrected chi connectivity index (χ0v) is 13.0. The third kappa shape index (κ3) is 3.82. The van der Waals surface area contributed by atoms with Crippen LogP contribution in [0.5, 0.6) is 0 Å². The first-order chi connectivity index (χ1) is 10.1. The second-order valence-electron chi connectivity index (χ2n) is 5.16. The highest BCUT2D eigenvalue weighted by molar-refractivity contribution is 7.89. The van der Waals surface area contributed by atoms with E-state index in [1.807, 2.05) is 6.07 Å². The molecule has 1 fully saturated rings. The van der Waals surface area contributed by atoms with Crippen molar-refractivity contribution in [2.75, 3.05) is 19.7 Å². The highest BCUT2D eigenvalue weighted by Crippen LogP contribution is 2.23. The summed E-state index contributed by atoms with van der Waals surface area (Å²) in [6.45, 7) is 3.65. The van der Waals surface area contributed by atoms with Crippen LogP contribution in [0.2, 0.25) is 0 Å². The topological polar surface area (TPSA) is 70.4 Å². The van der Waals surface area contributed by atoms with Gasteiger partial charge in [-0.2, -0.15) is 9.57 Å². The zero-order chi connectivity index (χ0) is 15.3. The number of sulfonamides is 1. The lowest BCUT2D eigenvalue weighted by atomic mass is 10.2. The summed E-state index contributed by atoms with van der Waals surface area (Å²) >= 11 is 0. The lowest BCUT2D eigenvalue weighted by Crippen LogP contribution is -2.54. The van der Waals surface area contributed by atoms with Crippen LogP contribution in [0.1, 0.15) is 31.7 Å². The summed E-state index contributed by atoms with van der Waals surface area (Å²) in [5, 5.41) is 8.73. The van der Waals surface area contributed by atoms with Crippen molar-refractivity contribution < 1.29 is 13.2 Å². The summed E-state index contributed by atoms with van der Waals surface area (Å²) in [7, 11) is -3.45. The van der Waals surface area contributed by atoms with Gasteiger partial charge in [0.15, 0.2) is 0 Å². The van der Waals surface area contributed by atoms with E-state index in [1.54, 1.807) is 0 Å². The molecule has 0 atom stereocenters. The normalized spacial score (nSPS) is 16.4. The Kier molecular flexibility index (Phi) is 5.34. The molecule has 0 unspecified atom stereocenters. The van der Waals surface area contributed by atoms with Crippen LogP contribution < -0.4 is 0 Å². The van der Waals surface area contributed by atoms with Crippen molar-refractivity contribution in [2.24, 2.45) is 0 Å². The number of benzene rings is 1. The van der Waals surface area contributed by atoms with E-state index in [2.05, 4.69) is 6.92 Å². The standard InChI is InChI=1S/C15H20N2O3S/c1-2-3-4-9-20-14-11-17(12-14)21(18,19)15-7-5-13(10-16)6-8-15/h5-8,14H,2-4,9,11-12H2,1H3. The van der Waals surface area contributed by atoms with Gasteiger partial charge in [0.25, 0.3) is 0 Å². The summed E-state index contributed by atoms with van der Waals surface area (Å²) in [5.41, 5.74) is 0.453. The monoisotopic (exact) mass is 308 g/mol. The minimum Gasteiger partial charge on any atom is -0.375 e. The largest absolute Gasteiger partial charge is 0.375 e. The van der Waals surface area contributed by atoms with Gasteiger partial charge in [-0.3, -0.25) is 0 Å². The molecule has 1 aliphatic heterocycles. The average Bonchev–Trinajstić information content (AvgIpc) is 2.45. The third-order valence-electron chi connectivity index (χ3n) is 3.54. The van der Waals surface area contributed by atoms with Crippen LogP contribution in [-0.4, -0.2) is 38.5 Å². The Morgan fingerprint density at radius 1 is 1.29 bits per heavy atom. The molecule has 0 bridgehead atoms. The molecule has 0 saturated carbocycles. The van der Waals surface area contributed by atoms with E-state index in [0.29, 0.717) is 25.3 Å². The van der Waals surface area contributed by atoms with E-state index in [4.69, 9.17) is 10.00 Å². The molecular weight excluding hydrogens is 288 g/mol. The Hall–Kier alpha value is -1.42. The van der Waals surface area contributed by atoms with Crippen LogP contribution in [0, 0.1) is 11.3 Å². The van der Waals surface area contributed by atoms with Gasteiger partial charge in [0, 0.05) is 19.7 Å². The molecule has 0 N–H and O–H groups in total. The molecule has 0 spiro atoms. The lowest BCUT2D eigenvalue weighted by Gasteiger charge is -2.37. The van der Waals surface area contributed by atoms with Crippen LogP contribution in [0.25, 0.3) is 0 Å². The predicted octanol–water partition coefficient (Wildman–Crippen LogP) is 2.14. The van der Waals surface area contributed by atoms with E-state index >= 15 is 0 Å². The first-order valence-electron chi connectivity index (χ1n) is 7.20. The summed E-state index contributed by atoms with van der Waals surface area (Å²) < 4.78 is 31.7. The van der Waals surface area contributed by atoms with Crippen molar-refractivity contribution in [3.63, 3.8) is 0 Å². The SMILES string of the molecule is CCCCCOC1CN(S(=O)(=O)c2ccc(C#N)cc2)C1. The minimum atomic E-state index is -3.45. The molecule has 2 rings (SSSR count). The average molecular weight is 308 g/mol. The lowest BCUT2D eigenvalue weighted by molar-refractivity contribution is -0.0211. The van der Waals surface area contributed by atoms with Crippen molar-refractivity contribution in [3.05, 3.63) is 29.8 Å². The van der Waals surface area contributed by atoms with Crippen molar-refractivity contribution in [1.29, 1.82) is 5.26 Å². The second kappa shape index (κ2) is 7.03. The summed E-state index contributed by atoms with van der Waals surface area (Å²) in [5.74, 6) is 0. The van der Waals surface area contributed by atoms with Gasteiger partial charge in [-0.1, -0.05) is 19.8 Å². The number of rotatable bonds is 7. The first kappa shape index (κ1) is 16.0. The van der Waals surface area contributed by atoms with Gasteiger partial charge in [-0.25, -0.2) is 8.42 Å². The molecule has 0 aliphatic carbocycles. The van der Waals surface area contributed by atoms with Gasteiger partial charge >= 0.3 is 0 Å². The van der Waals surface area contributed by atoms with Crippen molar-refractivity contribution in [1.82, 2.24) is 4.31 Å². The van der Waals surface area contributed by atoms with E-state index < -0.39 is 10.0 Å². The number of nitriles is 1. The minimum absolute atomic E-state index is 0.00927. The van der Waals surface area contributed by atoms with E-state index in [0.717, 1.165) is 19.3 Å². The molecule has 5 nitrogen and oxygen atoms in total. The van der Waals surface area contributed by atoms with Crippen LogP contribution >= 0.6 is 0 Å². The second-order valence-corrected chi connectivity index (χ2v) is 7.10. The van der Waals surface area contributed by atoms with E-state index in [1.165, 1.54) is 28.6 Å². The fraction of sp³-hybridized carbons (Fsp3) is 0.533. The number of hydrogen-bond donors (Lipinski definition) is 0. The Labute approximate surface area is 126 Å². The molecule has 1 aromatic carbocycles. The Morgan fingerprint density at radius 2 is 1.95 bits per heavy atom.